The molecule has 0 aliphatic heterocycles. The molecule has 0 amide bonds. The molecule has 9 nitrogen and oxygen atoms in total. The number of rotatable bonds is 9. The van der Waals surface area contributed by atoms with Crippen molar-refractivity contribution in [1.82, 2.24) is 5.09 Å². The Balaban J connectivity index is 2.25. The number of carbonyl (C=O) groups is 1. The third kappa shape index (κ3) is 6.23. The summed E-state index contributed by atoms with van der Waals surface area (Å²) in [6.07, 6.45) is 0. The number of carbonyl (C=O) groups excluding carboxylic acids is 1. The van der Waals surface area contributed by atoms with Crippen molar-refractivity contribution < 1.29 is 28.1 Å². The van der Waals surface area contributed by atoms with Crippen LogP contribution in [0.3, 0.4) is 0 Å². The van der Waals surface area contributed by atoms with E-state index in [0.29, 0.717) is 5.02 Å². The van der Waals surface area contributed by atoms with Gasteiger partial charge < -0.3 is 13.8 Å². The number of non-ortho nitro benzene ring substituents is 1. The molecule has 2 aromatic rings. The van der Waals surface area contributed by atoms with Gasteiger partial charge in [-0.15, -0.1) is 0 Å². The minimum atomic E-state index is -4.11. The molecule has 1 unspecified atom stereocenters. The minimum absolute atomic E-state index is 0.0476. The van der Waals surface area contributed by atoms with Crippen molar-refractivity contribution in [3.05, 3.63) is 63.7 Å². The first-order valence-electron chi connectivity index (χ1n) is 8.16. The molecule has 0 radical (unpaired) electrons. The second-order valence-corrected chi connectivity index (χ2v) is 7.54. The van der Waals surface area contributed by atoms with Crippen LogP contribution in [0.2, 0.25) is 5.02 Å². The Bertz CT molecular complexity index is 874. The van der Waals surface area contributed by atoms with E-state index in [4.69, 9.17) is 25.4 Å². The van der Waals surface area contributed by atoms with Gasteiger partial charge in [-0.05, 0) is 50.2 Å². The number of nitrogens with zero attached hydrogens (tertiary/aromatic N) is 1. The maximum Gasteiger partial charge on any atom is 0.513 e. The largest absolute Gasteiger partial charge is 0.513 e. The lowest BCUT2D eigenvalue weighted by atomic mass is 10.3. The lowest BCUT2D eigenvalue weighted by molar-refractivity contribution is -0.384. The van der Waals surface area contributed by atoms with Crippen molar-refractivity contribution >= 4 is 31.0 Å². The zero-order valence-electron chi connectivity index (χ0n) is 15.0. The first kappa shape index (κ1) is 21.7. The van der Waals surface area contributed by atoms with Crippen molar-refractivity contribution in [1.29, 1.82) is 0 Å². The molecule has 0 spiro atoms. The van der Waals surface area contributed by atoms with Crippen LogP contribution in [0, 0.1) is 10.1 Å². The summed E-state index contributed by atoms with van der Waals surface area (Å²) in [4.78, 5) is 22.1. The van der Waals surface area contributed by atoms with Gasteiger partial charge in [0.25, 0.3) is 5.69 Å². The van der Waals surface area contributed by atoms with Crippen molar-refractivity contribution in [3.63, 3.8) is 0 Å². The molecular weight excluding hydrogens is 411 g/mol. The summed E-state index contributed by atoms with van der Waals surface area (Å²) in [5.41, 5.74) is -0.159. The molecule has 0 fully saturated rings. The fraction of sp³-hybridized carbons (Fsp3) is 0.235. The van der Waals surface area contributed by atoms with E-state index < -0.39 is 24.7 Å². The van der Waals surface area contributed by atoms with Gasteiger partial charge in [0.1, 0.15) is 17.5 Å². The Labute approximate surface area is 166 Å². The average molecular weight is 429 g/mol. The average Bonchev–Trinajstić information content (AvgIpc) is 2.64. The first-order valence-corrected chi connectivity index (χ1v) is 10.1. The topological polar surface area (TPSA) is 117 Å². The van der Waals surface area contributed by atoms with Gasteiger partial charge in [-0.3, -0.25) is 14.9 Å². The molecule has 1 N–H and O–H groups in total. The van der Waals surface area contributed by atoms with Gasteiger partial charge >= 0.3 is 13.7 Å². The second-order valence-electron chi connectivity index (χ2n) is 5.49. The third-order valence-electron chi connectivity index (χ3n) is 3.30. The Kier molecular flexibility index (Phi) is 7.39. The molecule has 0 heterocycles. The summed E-state index contributed by atoms with van der Waals surface area (Å²) in [7, 11) is -4.11. The maximum absolute atomic E-state index is 13.2. The normalized spacial score (nSPS) is 13.8. The van der Waals surface area contributed by atoms with Crippen LogP contribution in [0.1, 0.15) is 13.8 Å². The van der Waals surface area contributed by atoms with Gasteiger partial charge in [0.15, 0.2) is 0 Å². The molecule has 0 aliphatic rings. The van der Waals surface area contributed by atoms with Crippen molar-refractivity contribution in [2.24, 2.45) is 0 Å². The highest BCUT2D eigenvalue weighted by Crippen LogP contribution is 2.45. The monoisotopic (exact) mass is 428 g/mol. The smallest absolute Gasteiger partial charge is 0.465 e. The zero-order valence-corrected chi connectivity index (χ0v) is 16.7. The molecule has 0 aliphatic carbocycles. The zero-order chi connectivity index (χ0) is 20.7. The molecule has 11 heteroatoms. The summed E-state index contributed by atoms with van der Waals surface area (Å²) in [5, 5.41) is 13.7. The summed E-state index contributed by atoms with van der Waals surface area (Å²) in [6, 6.07) is 9.93. The molecule has 0 saturated heterocycles. The molecule has 2 aromatic carbocycles. The van der Waals surface area contributed by atoms with Crippen LogP contribution in [0.25, 0.3) is 0 Å². The number of halogens is 1. The predicted octanol–water partition coefficient (Wildman–Crippen LogP) is 4.36. The number of hydrogen-bond donors (Lipinski definition) is 1. The van der Waals surface area contributed by atoms with Gasteiger partial charge in [0.05, 0.1) is 11.5 Å². The highest BCUT2D eigenvalue weighted by atomic mass is 35.5. The number of esters is 1. The summed E-state index contributed by atoms with van der Waals surface area (Å²) in [6.45, 7) is 3.23. The van der Waals surface area contributed by atoms with Crippen LogP contribution >= 0.6 is 19.3 Å². The highest BCUT2D eigenvalue weighted by Gasteiger charge is 2.33. The Morgan fingerprint density at radius 3 is 2.11 bits per heavy atom. The van der Waals surface area contributed by atoms with E-state index in [1.165, 1.54) is 55.5 Å². The van der Waals surface area contributed by atoms with E-state index in [0.717, 1.165) is 0 Å². The van der Waals surface area contributed by atoms with E-state index in [9.17, 15) is 19.5 Å². The van der Waals surface area contributed by atoms with E-state index in [2.05, 4.69) is 5.09 Å². The number of nitrogens with one attached hydrogen (secondary N) is 1. The molecule has 150 valence electrons. The van der Waals surface area contributed by atoms with Gasteiger partial charge in [-0.2, -0.15) is 5.09 Å². The Morgan fingerprint density at radius 2 is 1.64 bits per heavy atom. The molecule has 0 bridgehead atoms. The molecular formula is C17H18ClN2O7P. The summed E-state index contributed by atoms with van der Waals surface area (Å²) < 4.78 is 29.0. The highest BCUT2D eigenvalue weighted by molar-refractivity contribution is 7.52. The number of benzene rings is 2. The Morgan fingerprint density at radius 1 is 1.14 bits per heavy atom. The van der Waals surface area contributed by atoms with Crippen LogP contribution in [0.5, 0.6) is 11.5 Å². The van der Waals surface area contributed by atoms with E-state index in [1.54, 1.807) is 6.92 Å². The van der Waals surface area contributed by atoms with Crippen LogP contribution in [0.4, 0.5) is 5.69 Å². The lowest BCUT2D eigenvalue weighted by Crippen LogP contribution is -2.35. The van der Waals surface area contributed by atoms with Gasteiger partial charge in [0.2, 0.25) is 0 Å². The van der Waals surface area contributed by atoms with Crippen LogP contribution < -0.4 is 14.1 Å². The standard InChI is InChI=1S/C17H18ClN2O7P/c1-3-25-17(21)12(2)19-28(24,26-15-8-4-13(18)5-9-15)27-16-10-6-14(7-11-16)20(22)23/h4-12H,3H2,1-2H3,(H,19,24)/t12-,28?/m0/s1. The van der Waals surface area contributed by atoms with Gasteiger partial charge in [-0.1, -0.05) is 11.6 Å². The molecule has 2 rings (SSSR count). The Hall–Kier alpha value is -2.61. The van der Waals surface area contributed by atoms with E-state index in [1.807, 2.05) is 0 Å². The SMILES string of the molecule is CCOC(=O)[C@H](C)NP(=O)(Oc1ccc(Cl)cc1)Oc1ccc([N+](=O)[O-])cc1. The van der Waals surface area contributed by atoms with Crippen LogP contribution in [0.15, 0.2) is 48.5 Å². The van der Waals surface area contributed by atoms with Gasteiger partial charge in [0, 0.05) is 17.2 Å². The number of nitro groups is 1. The summed E-state index contributed by atoms with van der Waals surface area (Å²) in [5.74, 6) is -0.417. The van der Waals surface area contributed by atoms with Crippen molar-refractivity contribution in [2.45, 2.75) is 19.9 Å². The lowest BCUT2D eigenvalue weighted by Gasteiger charge is -2.23. The number of ether oxygens (including phenoxy) is 1. The fourth-order valence-electron chi connectivity index (χ4n) is 2.03. The predicted molar refractivity (Wildman–Crippen MR) is 103 cm³/mol. The first-order chi connectivity index (χ1) is 13.2. The maximum atomic E-state index is 13.2. The van der Waals surface area contributed by atoms with Crippen LogP contribution in [-0.2, 0) is 14.1 Å². The van der Waals surface area contributed by atoms with E-state index >= 15 is 0 Å². The van der Waals surface area contributed by atoms with Crippen LogP contribution in [-0.4, -0.2) is 23.5 Å². The summed E-state index contributed by atoms with van der Waals surface area (Å²) >= 11 is 5.83. The number of hydrogen-bond acceptors (Lipinski definition) is 7. The fourth-order valence-corrected chi connectivity index (χ4v) is 3.68. The van der Waals surface area contributed by atoms with Crippen molar-refractivity contribution in [2.75, 3.05) is 6.61 Å². The van der Waals surface area contributed by atoms with E-state index in [-0.39, 0.29) is 23.8 Å². The molecule has 0 aromatic heterocycles. The number of nitro benzene ring substituents is 1. The molecule has 28 heavy (non-hydrogen) atoms. The molecule has 0 saturated carbocycles. The minimum Gasteiger partial charge on any atom is -0.465 e. The van der Waals surface area contributed by atoms with Crippen molar-refractivity contribution in [3.8, 4) is 11.5 Å². The van der Waals surface area contributed by atoms with Gasteiger partial charge in [-0.25, -0.2) is 4.57 Å². The quantitative estimate of drug-likeness (QED) is 0.271. The second kappa shape index (κ2) is 9.54. The molecule has 2 atom stereocenters. The third-order valence-corrected chi connectivity index (χ3v) is 5.16.